The van der Waals surface area contributed by atoms with Crippen molar-refractivity contribution in [2.24, 2.45) is 0 Å². The topological polar surface area (TPSA) is 42.2 Å². The lowest BCUT2D eigenvalue weighted by Crippen LogP contribution is -1.99. The van der Waals surface area contributed by atoms with Crippen LogP contribution in [0.2, 0.25) is 0 Å². The molecule has 0 aliphatic heterocycles. The molecular weight excluding hydrogens is 202 g/mol. The number of fused-ring (bicyclic) bond motifs is 1. The summed E-state index contributed by atoms with van der Waals surface area (Å²) in [4.78, 5) is 0. The van der Waals surface area contributed by atoms with E-state index in [-0.39, 0.29) is 6.79 Å². The fraction of sp³-hybridized carbons (Fsp3) is 0.154. The molecule has 16 heavy (non-hydrogen) atoms. The van der Waals surface area contributed by atoms with Gasteiger partial charge in [-0.1, -0.05) is 24.3 Å². The molecule has 0 saturated heterocycles. The first-order chi connectivity index (χ1) is 7.86. The average molecular weight is 213 g/mol. The van der Waals surface area contributed by atoms with E-state index in [0.29, 0.717) is 5.56 Å². The standard InChI is InChI=1S/C13H11NO2/c1-15-9-16-13-7-3-5-11-10(8-14)4-2-6-12(11)13/h2-7H,9H2,1H3. The van der Waals surface area contributed by atoms with E-state index in [0.717, 1.165) is 16.5 Å². The summed E-state index contributed by atoms with van der Waals surface area (Å²) in [5.41, 5.74) is 0.653. The maximum atomic E-state index is 8.99. The Morgan fingerprint density at radius 2 is 1.88 bits per heavy atom. The molecule has 0 aliphatic carbocycles. The van der Waals surface area contributed by atoms with Crippen LogP contribution in [0.25, 0.3) is 10.8 Å². The second-order valence-electron chi connectivity index (χ2n) is 3.32. The van der Waals surface area contributed by atoms with Gasteiger partial charge in [-0.3, -0.25) is 0 Å². The smallest absolute Gasteiger partial charge is 0.188 e. The van der Waals surface area contributed by atoms with Gasteiger partial charge in [0, 0.05) is 17.9 Å². The van der Waals surface area contributed by atoms with Gasteiger partial charge in [0.05, 0.1) is 11.6 Å². The summed E-state index contributed by atoms with van der Waals surface area (Å²) in [6, 6.07) is 13.4. The number of methoxy groups -OCH3 is 1. The lowest BCUT2D eigenvalue weighted by molar-refractivity contribution is 0.0522. The van der Waals surface area contributed by atoms with Crippen molar-refractivity contribution in [2.75, 3.05) is 13.9 Å². The number of benzene rings is 2. The third-order valence-corrected chi connectivity index (χ3v) is 2.33. The minimum absolute atomic E-state index is 0.204. The fourth-order valence-corrected chi connectivity index (χ4v) is 1.63. The number of hydrogen-bond acceptors (Lipinski definition) is 3. The van der Waals surface area contributed by atoms with Gasteiger partial charge in [0.2, 0.25) is 0 Å². The summed E-state index contributed by atoms with van der Waals surface area (Å²) in [6.07, 6.45) is 0. The van der Waals surface area contributed by atoms with Gasteiger partial charge in [0.25, 0.3) is 0 Å². The number of rotatable bonds is 3. The van der Waals surface area contributed by atoms with Crippen molar-refractivity contribution >= 4 is 10.8 Å². The molecule has 0 radical (unpaired) electrons. The maximum absolute atomic E-state index is 8.99. The first-order valence-electron chi connectivity index (χ1n) is 4.90. The molecule has 2 rings (SSSR count). The third kappa shape index (κ3) is 1.83. The molecule has 0 aliphatic rings. The lowest BCUT2D eigenvalue weighted by atomic mass is 10.0. The highest BCUT2D eigenvalue weighted by atomic mass is 16.7. The van der Waals surface area contributed by atoms with Crippen LogP contribution in [-0.2, 0) is 4.74 Å². The summed E-state index contributed by atoms with van der Waals surface area (Å²) in [5.74, 6) is 0.733. The predicted octanol–water partition coefficient (Wildman–Crippen LogP) is 2.69. The summed E-state index contributed by atoms with van der Waals surface area (Å²) in [7, 11) is 1.58. The van der Waals surface area contributed by atoms with Crippen molar-refractivity contribution < 1.29 is 9.47 Å². The monoisotopic (exact) mass is 213 g/mol. The van der Waals surface area contributed by atoms with E-state index in [1.54, 1.807) is 13.2 Å². The van der Waals surface area contributed by atoms with E-state index >= 15 is 0 Å². The highest BCUT2D eigenvalue weighted by Crippen LogP contribution is 2.27. The first kappa shape index (κ1) is 10.5. The molecule has 0 amide bonds. The Labute approximate surface area is 93.8 Å². The molecule has 3 heteroatoms. The van der Waals surface area contributed by atoms with Gasteiger partial charge >= 0.3 is 0 Å². The third-order valence-electron chi connectivity index (χ3n) is 2.33. The Morgan fingerprint density at radius 1 is 1.12 bits per heavy atom. The van der Waals surface area contributed by atoms with E-state index < -0.39 is 0 Å². The molecule has 3 nitrogen and oxygen atoms in total. The van der Waals surface area contributed by atoms with E-state index in [1.165, 1.54) is 0 Å². The van der Waals surface area contributed by atoms with Gasteiger partial charge in [0.1, 0.15) is 5.75 Å². The Morgan fingerprint density at radius 3 is 2.62 bits per heavy atom. The minimum Gasteiger partial charge on any atom is -0.467 e. The number of nitrogens with zero attached hydrogens (tertiary/aromatic N) is 1. The van der Waals surface area contributed by atoms with Crippen LogP contribution in [0, 0.1) is 11.3 Å². The van der Waals surface area contributed by atoms with Gasteiger partial charge < -0.3 is 9.47 Å². The lowest BCUT2D eigenvalue weighted by Gasteiger charge is -2.08. The molecule has 0 atom stereocenters. The van der Waals surface area contributed by atoms with Crippen molar-refractivity contribution in [1.29, 1.82) is 5.26 Å². The SMILES string of the molecule is COCOc1cccc2c(C#N)cccc12. The second kappa shape index (κ2) is 4.65. The summed E-state index contributed by atoms with van der Waals surface area (Å²) >= 11 is 0. The fourth-order valence-electron chi connectivity index (χ4n) is 1.63. The van der Waals surface area contributed by atoms with E-state index in [2.05, 4.69) is 6.07 Å². The Kier molecular flexibility index (Phi) is 3.04. The number of ether oxygens (including phenoxy) is 2. The highest BCUT2D eigenvalue weighted by Gasteiger charge is 2.04. The van der Waals surface area contributed by atoms with Gasteiger partial charge in [0.15, 0.2) is 6.79 Å². The highest BCUT2D eigenvalue weighted by molar-refractivity contribution is 5.92. The van der Waals surface area contributed by atoms with E-state index in [9.17, 15) is 0 Å². The largest absolute Gasteiger partial charge is 0.467 e. The van der Waals surface area contributed by atoms with Crippen molar-refractivity contribution in [3.63, 3.8) is 0 Å². The molecule has 0 bridgehead atoms. The molecule has 0 N–H and O–H groups in total. The quantitative estimate of drug-likeness (QED) is 0.736. The summed E-state index contributed by atoms with van der Waals surface area (Å²) in [6.45, 7) is 0.204. The average Bonchev–Trinajstić information content (AvgIpc) is 2.35. The Bertz CT molecular complexity index is 543. The molecule has 0 spiro atoms. The van der Waals surface area contributed by atoms with Crippen molar-refractivity contribution in [1.82, 2.24) is 0 Å². The molecule has 0 fully saturated rings. The molecule has 0 saturated carbocycles. The zero-order chi connectivity index (χ0) is 11.4. The molecular formula is C13H11NO2. The van der Waals surface area contributed by atoms with Crippen LogP contribution in [0.4, 0.5) is 0 Å². The predicted molar refractivity (Wildman–Crippen MR) is 61.2 cm³/mol. The van der Waals surface area contributed by atoms with Crippen molar-refractivity contribution in [3.8, 4) is 11.8 Å². The number of hydrogen-bond donors (Lipinski definition) is 0. The molecule has 0 aromatic heterocycles. The first-order valence-corrected chi connectivity index (χ1v) is 4.90. The zero-order valence-electron chi connectivity index (χ0n) is 8.93. The molecule has 80 valence electrons. The minimum atomic E-state index is 0.204. The van der Waals surface area contributed by atoms with Gasteiger partial charge in [-0.2, -0.15) is 5.26 Å². The van der Waals surface area contributed by atoms with Gasteiger partial charge in [-0.25, -0.2) is 0 Å². The van der Waals surface area contributed by atoms with Crippen LogP contribution in [-0.4, -0.2) is 13.9 Å². The molecule has 2 aromatic rings. The molecule has 2 aromatic carbocycles. The zero-order valence-corrected chi connectivity index (χ0v) is 8.93. The molecule has 0 heterocycles. The summed E-state index contributed by atoms with van der Waals surface area (Å²) in [5, 5.41) is 10.8. The normalized spacial score (nSPS) is 10.0. The number of nitriles is 1. The summed E-state index contributed by atoms with van der Waals surface area (Å²) < 4.78 is 10.3. The molecule has 0 unspecified atom stereocenters. The van der Waals surface area contributed by atoms with E-state index in [4.69, 9.17) is 14.7 Å². The van der Waals surface area contributed by atoms with Crippen molar-refractivity contribution in [3.05, 3.63) is 42.0 Å². The van der Waals surface area contributed by atoms with Crippen LogP contribution < -0.4 is 4.74 Å². The van der Waals surface area contributed by atoms with Gasteiger partial charge in [-0.05, 0) is 12.1 Å². The van der Waals surface area contributed by atoms with Crippen LogP contribution >= 0.6 is 0 Å². The Balaban J connectivity index is 2.56. The van der Waals surface area contributed by atoms with Crippen LogP contribution in [0.3, 0.4) is 0 Å². The van der Waals surface area contributed by atoms with E-state index in [1.807, 2.05) is 30.3 Å². The second-order valence-corrected chi connectivity index (χ2v) is 3.32. The van der Waals surface area contributed by atoms with Crippen molar-refractivity contribution in [2.45, 2.75) is 0 Å². The maximum Gasteiger partial charge on any atom is 0.188 e. The van der Waals surface area contributed by atoms with Crippen LogP contribution in [0.1, 0.15) is 5.56 Å². The van der Waals surface area contributed by atoms with Gasteiger partial charge in [-0.15, -0.1) is 0 Å². The van der Waals surface area contributed by atoms with Crippen LogP contribution in [0.15, 0.2) is 36.4 Å². The Hall–Kier alpha value is -2.05. The van der Waals surface area contributed by atoms with Crippen LogP contribution in [0.5, 0.6) is 5.75 Å².